The van der Waals surface area contributed by atoms with E-state index >= 15 is 0 Å². The van der Waals surface area contributed by atoms with E-state index in [-0.39, 0.29) is 6.42 Å². The maximum absolute atomic E-state index is 11.8. The minimum Gasteiger partial charge on any atom is -0.481 e. The molecule has 0 bridgehead atoms. The summed E-state index contributed by atoms with van der Waals surface area (Å²) in [7, 11) is 0. The predicted molar refractivity (Wildman–Crippen MR) is 109 cm³/mol. The minimum atomic E-state index is -0.718. The largest absolute Gasteiger partial charge is 0.481 e. The summed E-state index contributed by atoms with van der Waals surface area (Å²) >= 11 is 0. The summed E-state index contributed by atoms with van der Waals surface area (Å²) < 4.78 is 5.67. The van der Waals surface area contributed by atoms with E-state index < -0.39 is 5.97 Å². The second kappa shape index (κ2) is 16.5. The Hall–Kier alpha value is -1.68. The number of benzene rings is 1. The molecule has 4 nitrogen and oxygen atoms in total. The van der Waals surface area contributed by atoms with E-state index in [1.54, 1.807) is 0 Å². The molecule has 0 saturated carbocycles. The Bertz CT molecular complexity index is 498. The molecule has 0 saturated heterocycles. The van der Waals surface area contributed by atoms with Crippen LogP contribution in [0.5, 0.6) is 0 Å². The first-order valence-corrected chi connectivity index (χ1v) is 10.5. The van der Waals surface area contributed by atoms with Crippen molar-refractivity contribution < 1.29 is 19.4 Å². The van der Waals surface area contributed by atoms with Crippen LogP contribution in [0.15, 0.2) is 30.3 Å². The summed E-state index contributed by atoms with van der Waals surface area (Å²) in [6, 6.07) is 10.2. The molecule has 1 aromatic carbocycles. The van der Waals surface area contributed by atoms with Crippen molar-refractivity contribution in [3.05, 3.63) is 35.9 Å². The number of carboxylic acids is 1. The summed E-state index contributed by atoms with van der Waals surface area (Å²) in [6.07, 6.45) is 11.9. The van der Waals surface area contributed by atoms with Crippen LogP contribution in [0.4, 0.5) is 0 Å². The average Bonchev–Trinajstić information content (AvgIpc) is 2.66. The van der Waals surface area contributed by atoms with Gasteiger partial charge in [-0.05, 0) is 31.2 Å². The van der Waals surface area contributed by atoms with Gasteiger partial charge in [0.05, 0.1) is 6.61 Å². The van der Waals surface area contributed by atoms with Crippen LogP contribution in [0.3, 0.4) is 0 Å². The first kappa shape index (κ1) is 23.4. The van der Waals surface area contributed by atoms with Crippen LogP contribution in [0.25, 0.3) is 0 Å². The third kappa shape index (κ3) is 15.1. The maximum atomic E-state index is 11.8. The smallest absolute Gasteiger partial charge is 0.303 e. The standard InChI is InChI=1S/C23H36O4/c24-22(16-10-3-1-5-12-18-23(25)26)17-11-4-2-6-13-19-27-20-21-14-8-7-9-15-21/h7-9,14-15H,1-6,10-13,16-20H2,(H,25,26). The van der Waals surface area contributed by atoms with Crippen molar-refractivity contribution in [3.8, 4) is 0 Å². The number of carbonyl (C=O) groups is 2. The fraction of sp³-hybridized carbons (Fsp3) is 0.652. The first-order valence-electron chi connectivity index (χ1n) is 10.5. The molecule has 0 spiro atoms. The minimum absolute atomic E-state index is 0.262. The average molecular weight is 377 g/mol. The number of rotatable bonds is 18. The van der Waals surface area contributed by atoms with Gasteiger partial charge in [0.15, 0.2) is 0 Å². The normalized spacial score (nSPS) is 10.8. The molecule has 0 atom stereocenters. The van der Waals surface area contributed by atoms with Crippen molar-refractivity contribution in [2.75, 3.05) is 6.61 Å². The van der Waals surface area contributed by atoms with Crippen molar-refractivity contribution in [2.45, 2.75) is 90.1 Å². The molecule has 1 aromatic rings. The summed E-state index contributed by atoms with van der Waals surface area (Å²) in [6.45, 7) is 1.50. The molecule has 0 aliphatic rings. The highest BCUT2D eigenvalue weighted by molar-refractivity contribution is 5.78. The van der Waals surface area contributed by atoms with E-state index in [2.05, 4.69) is 12.1 Å². The predicted octanol–water partition coefficient (Wildman–Crippen LogP) is 5.93. The Kier molecular flexibility index (Phi) is 14.3. The van der Waals surface area contributed by atoms with E-state index in [0.717, 1.165) is 58.0 Å². The van der Waals surface area contributed by atoms with Gasteiger partial charge in [-0.15, -0.1) is 0 Å². The fourth-order valence-electron chi connectivity index (χ4n) is 3.07. The van der Waals surface area contributed by atoms with Gasteiger partial charge in [-0.3, -0.25) is 9.59 Å². The number of ketones is 1. The van der Waals surface area contributed by atoms with E-state index in [4.69, 9.17) is 9.84 Å². The lowest BCUT2D eigenvalue weighted by Crippen LogP contribution is -1.98. The lowest BCUT2D eigenvalue weighted by atomic mass is 10.0. The second-order valence-electron chi connectivity index (χ2n) is 7.26. The highest BCUT2D eigenvalue weighted by Crippen LogP contribution is 2.11. The van der Waals surface area contributed by atoms with E-state index in [0.29, 0.717) is 25.2 Å². The number of unbranched alkanes of at least 4 members (excludes halogenated alkanes) is 8. The van der Waals surface area contributed by atoms with Gasteiger partial charge in [0.25, 0.3) is 0 Å². The molecule has 0 aromatic heterocycles. The van der Waals surface area contributed by atoms with Crippen LogP contribution in [-0.4, -0.2) is 23.5 Å². The molecule has 0 heterocycles. The van der Waals surface area contributed by atoms with Crippen LogP contribution < -0.4 is 0 Å². The number of aliphatic carboxylic acids is 1. The molecule has 0 radical (unpaired) electrons. The number of ether oxygens (including phenoxy) is 1. The van der Waals surface area contributed by atoms with Crippen LogP contribution in [0, 0.1) is 0 Å². The molecule has 0 aliphatic carbocycles. The van der Waals surface area contributed by atoms with Crippen molar-refractivity contribution in [1.29, 1.82) is 0 Å². The van der Waals surface area contributed by atoms with E-state index in [1.165, 1.54) is 18.4 Å². The number of hydrogen-bond donors (Lipinski definition) is 1. The van der Waals surface area contributed by atoms with Gasteiger partial charge < -0.3 is 9.84 Å². The van der Waals surface area contributed by atoms with Crippen LogP contribution in [-0.2, 0) is 20.9 Å². The Balaban J connectivity index is 1.79. The van der Waals surface area contributed by atoms with Crippen molar-refractivity contribution in [2.24, 2.45) is 0 Å². The number of hydrogen-bond acceptors (Lipinski definition) is 3. The molecular formula is C23H36O4. The van der Waals surface area contributed by atoms with Gasteiger partial charge >= 0.3 is 5.97 Å². The van der Waals surface area contributed by atoms with Crippen molar-refractivity contribution in [3.63, 3.8) is 0 Å². The lowest BCUT2D eigenvalue weighted by Gasteiger charge is -2.05. The van der Waals surface area contributed by atoms with E-state index in [9.17, 15) is 9.59 Å². The monoisotopic (exact) mass is 376 g/mol. The third-order valence-electron chi connectivity index (χ3n) is 4.70. The third-order valence-corrected chi connectivity index (χ3v) is 4.70. The van der Waals surface area contributed by atoms with Crippen LogP contribution >= 0.6 is 0 Å². The second-order valence-corrected chi connectivity index (χ2v) is 7.26. The number of carboxylic acid groups (broad SMARTS) is 1. The summed E-state index contributed by atoms with van der Waals surface area (Å²) in [5, 5.41) is 8.56. The number of Topliss-reactive ketones (excluding diaryl/α,β-unsaturated/α-hetero) is 1. The molecule has 0 aliphatic heterocycles. The zero-order valence-electron chi connectivity index (χ0n) is 16.7. The Morgan fingerprint density at radius 2 is 1.22 bits per heavy atom. The topological polar surface area (TPSA) is 63.6 Å². The molecule has 1 rings (SSSR count). The summed E-state index contributed by atoms with van der Waals surface area (Å²) in [4.78, 5) is 22.2. The molecule has 0 unspecified atom stereocenters. The zero-order chi connectivity index (χ0) is 19.6. The fourth-order valence-corrected chi connectivity index (χ4v) is 3.07. The highest BCUT2D eigenvalue weighted by atomic mass is 16.5. The van der Waals surface area contributed by atoms with Gasteiger partial charge in [-0.25, -0.2) is 0 Å². The Labute approximate surface area is 164 Å². The lowest BCUT2D eigenvalue weighted by molar-refractivity contribution is -0.137. The van der Waals surface area contributed by atoms with Crippen LogP contribution in [0.1, 0.15) is 89.0 Å². The maximum Gasteiger partial charge on any atom is 0.303 e. The highest BCUT2D eigenvalue weighted by Gasteiger charge is 2.02. The molecule has 0 fully saturated rings. The summed E-state index contributed by atoms with van der Waals surface area (Å²) in [5.74, 6) is -0.336. The van der Waals surface area contributed by atoms with Crippen LogP contribution in [0.2, 0.25) is 0 Å². The summed E-state index contributed by atoms with van der Waals surface area (Å²) in [5.41, 5.74) is 1.22. The van der Waals surface area contributed by atoms with Gasteiger partial charge in [0, 0.05) is 25.9 Å². The van der Waals surface area contributed by atoms with Gasteiger partial charge in [-0.1, -0.05) is 68.9 Å². The quantitative estimate of drug-likeness (QED) is 0.323. The van der Waals surface area contributed by atoms with Crippen molar-refractivity contribution in [1.82, 2.24) is 0 Å². The molecule has 0 amide bonds. The van der Waals surface area contributed by atoms with Gasteiger partial charge in [-0.2, -0.15) is 0 Å². The molecule has 27 heavy (non-hydrogen) atoms. The van der Waals surface area contributed by atoms with Gasteiger partial charge in [0.1, 0.15) is 5.78 Å². The molecule has 1 N–H and O–H groups in total. The number of carbonyl (C=O) groups excluding carboxylic acids is 1. The molecule has 4 heteroatoms. The van der Waals surface area contributed by atoms with Gasteiger partial charge in [0.2, 0.25) is 0 Å². The first-order chi connectivity index (χ1) is 13.2. The SMILES string of the molecule is O=C(O)CCCCCCCC(=O)CCCCCCCOCc1ccccc1. The molecule has 152 valence electrons. The van der Waals surface area contributed by atoms with E-state index in [1.807, 2.05) is 18.2 Å². The Morgan fingerprint density at radius 3 is 1.81 bits per heavy atom. The van der Waals surface area contributed by atoms with Crippen molar-refractivity contribution >= 4 is 11.8 Å². The molecular weight excluding hydrogens is 340 g/mol. The Morgan fingerprint density at radius 1 is 0.704 bits per heavy atom. The zero-order valence-corrected chi connectivity index (χ0v) is 16.7.